The molecule has 0 saturated carbocycles. The minimum atomic E-state index is -2.80. The van der Waals surface area contributed by atoms with Crippen molar-refractivity contribution in [3.63, 3.8) is 0 Å². The molecule has 2 aromatic heterocycles. The molecule has 0 bridgehead atoms. The highest BCUT2D eigenvalue weighted by Gasteiger charge is 2.33. The fraction of sp³-hybridized carbons (Fsp3) is 0.562. The number of fused-ring (bicyclic) bond motifs is 1. The molecule has 2 aliphatic rings. The van der Waals surface area contributed by atoms with Crippen LogP contribution in [0.3, 0.4) is 0 Å². The minimum absolute atomic E-state index is 0.217. The molecule has 4 rings (SSSR count). The normalized spacial score (nSPS) is 25.5. The maximum atomic E-state index is 11.6. The zero-order valence-electron chi connectivity index (χ0n) is 13.4. The molecular weight excluding hydrogens is 348 g/mol. The second-order valence-corrected chi connectivity index (χ2v) is 9.38. The molecule has 0 aromatic carbocycles. The molecule has 8 heteroatoms. The summed E-state index contributed by atoms with van der Waals surface area (Å²) in [6.07, 6.45) is 4.68. The molecule has 2 saturated heterocycles. The van der Waals surface area contributed by atoms with E-state index < -0.39 is 9.84 Å². The van der Waals surface area contributed by atoms with Crippen LogP contribution in [0.1, 0.15) is 12.1 Å². The number of pyridine rings is 1. The van der Waals surface area contributed by atoms with Crippen molar-refractivity contribution >= 4 is 27.1 Å². The summed E-state index contributed by atoms with van der Waals surface area (Å²) in [5.74, 6) is 0.682. The summed E-state index contributed by atoms with van der Waals surface area (Å²) in [5.41, 5.74) is 1.94. The highest BCUT2D eigenvalue weighted by atomic mass is 35.5. The second-order valence-electron chi connectivity index (χ2n) is 6.71. The highest BCUT2D eigenvalue weighted by Crippen LogP contribution is 2.20. The molecule has 1 atom stereocenters. The number of aromatic nitrogens is 2. The smallest absolute Gasteiger partial charge is 0.151 e. The largest absolute Gasteiger partial charge is 0.305 e. The van der Waals surface area contributed by atoms with Crippen molar-refractivity contribution in [2.75, 3.05) is 37.7 Å². The molecule has 0 spiro atoms. The summed E-state index contributed by atoms with van der Waals surface area (Å²) in [5, 5.41) is 0.701. The van der Waals surface area contributed by atoms with Crippen molar-refractivity contribution in [1.29, 1.82) is 0 Å². The third kappa shape index (κ3) is 3.44. The first kappa shape index (κ1) is 16.3. The van der Waals surface area contributed by atoms with E-state index >= 15 is 0 Å². The van der Waals surface area contributed by atoms with Crippen molar-refractivity contribution < 1.29 is 8.42 Å². The number of sulfone groups is 1. The van der Waals surface area contributed by atoms with Crippen LogP contribution in [-0.4, -0.2) is 71.3 Å². The Bertz CT molecular complexity index is 843. The van der Waals surface area contributed by atoms with Crippen molar-refractivity contribution in [3.05, 3.63) is 35.2 Å². The number of nitrogens with zero attached hydrogens (tertiary/aromatic N) is 4. The molecule has 130 valence electrons. The zero-order chi connectivity index (χ0) is 16.7. The number of imidazole rings is 1. The monoisotopic (exact) mass is 368 g/mol. The van der Waals surface area contributed by atoms with Crippen molar-refractivity contribution in [3.8, 4) is 0 Å². The van der Waals surface area contributed by atoms with Gasteiger partial charge in [-0.25, -0.2) is 13.4 Å². The zero-order valence-corrected chi connectivity index (χ0v) is 15.0. The van der Waals surface area contributed by atoms with Crippen LogP contribution < -0.4 is 0 Å². The maximum Gasteiger partial charge on any atom is 0.151 e. The van der Waals surface area contributed by atoms with Crippen LogP contribution in [0.4, 0.5) is 0 Å². The van der Waals surface area contributed by atoms with Crippen LogP contribution in [0.15, 0.2) is 24.5 Å². The van der Waals surface area contributed by atoms with Crippen LogP contribution in [0.5, 0.6) is 0 Å². The Morgan fingerprint density at radius 1 is 1.17 bits per heavy atom. The van der Waals surface area contributed by atoms with E-state index in [4.69, 9.17) is 11.6 Å². The van der Waals surface area contributed by atoms with Crippen molar-refractivity contribution in [1.82, 2.24) is 19.2 Å². The number of rotatable bonds is 3. The van der Waals surface area contributed by atoms with E-state index in [-0.39, 0.29) is 6.04 Å². The van der Waals surface area contributed by atoms with Crippen LogP contribution in [0.2, 0.25) is 5.02 Å². The molecule has 4 heterocycles. The molecule has 6 nitrogen and oxygen atoms in total. The molecule has 2 aromatic rings. The lowest BCUT2D eigenvalue weighted by Crippen LogP contribution is -2.50. The van der Waals surface area contributed by atoms with Crippen LogP contribution in [-0.2, 0) is 16.4 Å². The summed E-state index contributed by atoms with van der Waals surface area (Å²) < 4.78 is 25.2. The van der Waals surface area contributed by atoms with Gasteiger partial charge in [0.05, 0.1) is 22.2 Å². The fourth-order valence-electron chi connectivity index (χ4n) is 3.67. The Morgan fingerprint density at radius 3 is 2.67 bits per heavy atom. The van der Waals surface area contributed by atoms with Gasteiger partial charge in [0.2, 0.25) is 0 Å². The van der Waals surface area contributed by atoms with Crippen molar-refractivity contribution in [2.45, 2.75) is 19.0 Å². The van der Waals surface area contributed by atoms with Crippen LogP contribution in [0, 0.1) is 0 Å². The summed E-state index contributed by atoms with van der Waals surface area (Å²) in [4.78, 5) is 9.35. The van der Waals surface area contributed by atoms with E-state index in [1.54, 1.807) is 0 Å². The highest BCUT2D eigenvalue weighted by molar-refractivity contribution is 7.91. The molecule has 2 fully saturated rings. The molecule has 0 radical (unpaired) electrons. The first-order valence-electron chi connectivity index (χ1n) is 8.28. The van der Waals surface area contributed by atoms with Gasteiger partial charge in [-0.15, -0.1) is 0 Å². The Kier molecular flexibility index (Phi) is 4.28. The van der Waals surface area contributed by atoms with Crippen LogP contribution >= 0.6 is 11.6 Å². The van der Waals surface area contributed by atoms with Gasteiger partial charge >= 0.3 is 0 Å². The molecule has 0 aliphatic carbocycles. The van der Waals surface area contributed by atoms with Gasteiger partial charge < -0.3 is 4.40 Å². The van der Waals surface area contributed by atoms with Gasteiger partial charge in [0.25, 0.3) is 0 Å². The van der Waals surface area contributed by atoms with E-state index in [1.807, 2.05) is 28.9 Å². The van der Waals surface area contributed by atoms with Crippen molar-refractivity contribution in [2.24, 2.45) is 0 Å². The van der Waals surface area contributed by atoms with E-state index in [0.29, 0.717) is 16.5 Å². The van der Waals surface area contributed by atoms with Gasteiger partial charge in [0.15, 0.2) is 9.84 Å². The molecular formula is C16H21ClN4O2S. The van der Waals surface area contributed by atoms with Gasteiger partial charge in [-0.05, 0) is 18.6 Å². The lowest BCUT2D eigenvalue weighted by Gasteiger charge is -2.37. The third-order valence-corrected chi connectivity index (χ3v) is 6.96. The number of hydrogen-bond acceptors (Lipinski definition) is 5. The Labute approximate surface area is 146 Å². The average molecular weight is 369 g/mol. The van der Waals surface area contributed by atoms with E-state index in [0.717, 1.165) is 50.5 Å². The predicted molar refractivity (Wildman–Crippen MR) is 94.1 cm³/mol. The third-order valence-electron chi connectivity index (χ3n) is 4.98. The van der Waals surface area contributed by atoms with Gasteiger partial charge in [-0.3, -0.25) is 9.80 Å². The van der Waals surface area contributed by atoms with Gasteiger partial charge in [-0.2, -0.15) is 0 Å². The predicted octanol–water partition coefficient (Wildman–Crippen LogP) is 1.29. The minimum Gasteiger partial charge on any atom is -0.305 e. The Hall–Kier alpha value is -1.15. The summed E-state index contributed by atoms with van der Waals surface area (Å²) in [6, 6.07) is 3.99. The molecule has 0 amide bonds. The molecule has 2 aliphatic heterocycles. The summed E-state index contributed by atoms with van der Waals surface area (Å²) in [7, 11) is -2.80. The fourth-order valence-corrected chi connectivity index (χ4v) is 5.60. The lowest BCUT2D eigenvalue weighted by molar-refractivity contribution is 0.0993. The topological polar surface area (TPSA) is 57.9 Å². The lowest BCUT2D eigenvalue weighted by atomic mass is 10.2. The number of halogens is 1. The SMILES string of the molecule is O=S1(=O)CC[C@@H](N2CCN(Cc3cn4cc(Cl)ccc4n3)CC2)C1. The van der Waals surface area contributed by atoms with Gasteiger partial charge in [0.1, 0.15) is 5.65 Å². The maximum absolute atomic E-state index is 11.6. The van der Waals surface area contributed by atoms with E-state index in [1.165, 1.54) is 0 Å². The Balaban J connectivity index is 1.35. The number of piperazine rings is 1. The van der Waals surface area contributed by atoms with E-state index in [2.05, 4.69) is 14.8 Å². The molecule has 0 unspecified atom stereocenters. The Morgan fingerprint density at radius 2 is 1.96 bits per heavy atom. The summed E-state index contributed by atoms with van der Waals surface area (Å²) >= 11 is 6.01. The standard InChI is InChI=1S/C16H21ClN4O2S/c17-13-1-2-16-18-14(11-21(16)9-13)10-19-4-6-20(7-5-19)15-3-8-24(22,23)12-15/h1-2,9,11,15H,3-8,10,12H2/t15-/m1/s1. The van der Waals surface area contributed by atoms with E-state index in [9.17, 15) is 8.42 Å². The van der Waals surface area contributed by atoms with Crippen LogP contribution in [0.25, 0.3) is 5.65 Å². The molecule has 0 N–H and O–H groups in total. The summed E-state index contributed by atoms with van der Waals surface area (Å²) in [6.45, 7) is 4.57. The first-order chi connectivity index (χ1) is 11.5. The second kappa shape index (κ2) is 6.29. The quantitative estimate of drug-likeness (QED) is 0.817. The number of hydrogen-bond donors (Lipinski definition) is 0. The molecule has 24 heavy (non-hydrogen) atoms. The average Bonchev–Trinajstić information content (AvgIpc) is 3.10. The van der Waals surface area contributed by atoms with Gasteiger partial charge in [0, 0.05) is 51.2 Å². The first-order valence-corrected chi connectivity index (χ1v) is 10.5. The van der Waals surface area contributed by atoms with Gasteiger partial charge in [-0.1, -0.05) is 11.6 Å².